The maximum Gasteiger partial charge on any atom is 0.308 e. The lowest BCUT2D eigenvalue weighted by Crippen LogP contribution is -2.39. The Morgan fingerprint density at radius 1 is 1.27 bits per heavy atom. The average Bonchev–Trinajstić information content (AvgIpc) is 3.16. The minimum atomic E-state index is -0.869. The first-order valence-electron chi connectivity index (χ1n) is 8.78. The molecule has 2 N–H and O–H groups in total. The molecule has 3 rings (SSSR count). The third kappa shape index (κ3) is 4.70. The van der Waals surface area contributed by atoms with Crippen molar-refractivity contribution >= 4 is 11.9 Å². The standard InChI is InChI=1S/C19H23N3O4/c23-18(20-12-17(19(24)25)15-6-10-26-11-7-15)16-4-2-14(3-5-16)13-22-9-1-8-21-22/h1-5,8-9,15,17H,6-7,10-13H2,(H,20,23)(H,24,25). The lowest BCUT2D eigenvalue weighted by atomic mass is 9.86. The van der Waals surface area contributed by atoms with Crippen LogP contribution in [0.3, 0.4) is 0 Å². The maximum atomic E-state index is 12.3. The van der Waals surface area contributed by atoms with Crippen LogP contribution < -0.4 is 5.32 Å². The number of hydrogen-bond acceptors (Lipinski definition) is 4. The highest BCUT2D eigenvalue weighted by Gasteiger charge is 2.30. The zero-order valence-electron chi connectivity index (χ0n) is 14.5. The molecule has 7 heteroatoms. The summed E-state index contributed by atoms with van der Waals surface area (Å²) in [6.45, 7) is 1.94. The first-order chi connectivity index (χ1) is 12.6. The van der Waals surface area contributed by atoms with Crippen LogP contribution in [-0.4, -0.2) is 46.5 Å². The quantitative estimate of drug-likeness (QED) is 0.788. The monoisotopic (exact) mass is 357 g/mol. The van der Waals surface area contributed by atoms with Crippen molar-refractivity contribution in [3.05, 3.63) is 53.9 Å². The van der Waals surface area contributed by atoms with Crippen LogP contribution in [0, 0.1) is 11.8 Å². The van der Waals surface area contributed by atoms with Gasteiger partial charge in [-0.2, -0.15) is 5.10 Å². The molecule has 1 saturated heterocycles. The van der Waals surface area contributed by atoms with E-state index >= 15 is 0 Å². The molecule has 0 bridgehead atoms. The van der Waals surface area contributed by atoms with Crippen LogP contribution in [0.25, 0.3) is 0 Å². The molecule has 26 heavy (non-hydrogen) atoms. The Kier molecular flexibility index (Phi) is 6.01. The molecular formula is C19H23N3O4. The van der Waals surface area contributed by atoms with Crippen LogP contribution >= 0.6 is 0 Å². The minimum Gasteiger partial charge on any atom is -0.481 e. The number of aliphatic carboxylic acids is 1. The summed E-state index contributed by atoms with van der Waals surface area (Å²) < 4.78 is 7.09. The van der Waals surface area contributed by atoms with Crippen molar-refractivity contribution in [1.29, 1.82) is 0 Å². The molecule has 2 aromatic rings. The Morgan fingerprint density at radius 3 is 2.62 bits per heavy atom. The van der Waals surface area contributed by atoms with Gasteiger partial charge in [0.2, 0.25) is 0 Å². The van der Waals surface area contributed by atoms with E-state index in [-0.39, 0.29) is 18.4 Å². The molecule has 1 fully saturated rings. The summed E-state index contributed by atoms with van der Waals surface area (Å²) in [5.74, 6) is -1.67. The van der Waals surface area contributed by atoms with Crippen molar-refractivity contribution in [1.82, 2.24) is 15.1 Å². The van der Waals surface area contributed by atoms with Crippen LogP contribution in [0.1, 0.15) is 28.8 Å². The number of benzene rings is 1. The molecule has 1 aliphatic heterocycles. The lowest BCUT2D eigenvalue weighted by molar-refractivity contribution is -0.144. The molecule has 0 spiro atoms. The van der Waals surface area contributed by atoms with Crippen molar-refractivity contribution in [2.24, 2.45) is 11.8 Å². The Morgan fingerprint density at radius 2 is 2.00 bits per heavy atom. The second-order valence-electron chi connectivity index (χ2n) is 6.51. The maximum absolute atomic E-state index is 12.3. The van der Waals surface area contributed by atoms with E-state index in [4.69, 9.17) is 4.74 Å². The number of nitrogens with zero attached hydrogens (tertiary/aromatic N) is 2. The fraction of sp³-hybridized carbons (Fsp3) is 0.421. The van der Waals surface area contributed by atoms with Gasteiger partial charge >= 0.3 is 5.97 Å². The number of carboxylic acids is 1. The second kappa shape index (κ2) is 8.62. The van der Waals surface area contributed by atoms with Crippen molar-refractivity contribution in [3.63, 3.8) is 0 Å². The topological polar surface area (TPSA) is 93.5 Å². The number of ether oxygens (including phenoxy) is 1. The van der Waals surface area contributed by atoms with Crippen LogP contribution in [-0.2, 0) is 16.1 Å². The van der Waals surface area contributed by atoms with Crippen LogP contribution in [0.15, 0.2) is 42.7 Å². The summed E-state index contributed by atoms with van der Waals surface area (Å²) >= 11 is 0. The van der Waals surface area contributed by atoms with Gasteiger partial charge in [0.1, 0.15) is 0 Å². The summed E-state index contributed by atoms with van der Waals surface area (Å²) in [5.41, 5.74) is 1.56. The first-order valence-corrected chi connectivity index (χ1v) is 8.78. The van der Waals surface area contributed by atoms with E-state index in [9.17, 15) is 14.7 Å². The van der Waals surface area contributed by atoms with E-state index in [0.717, 1.165) is 18.4 Å². The molecule has 1 aromatic carbocycles. The third-order valence-corrected chi connectivity index (χ3v) is 4.75. The molecule has 138 valence electrons. The largest absolute Gasteiger partial charge is 0.481 e. The van der Waals surface area contributed by atoms with Gasteiger partial charge in [-0.3, -0.25) is 14.3 Å². The van der Waals surface area contributed by atoms with Gasteiger partial charge in [0, 0.05) is 37.7 Å². The molecule has 7 nitrogen and oxygen atoms in total. The Hall–Kier alpha value is -2.67. The summed E-state index contributed by atoms with van der Waals surface area (Å²) in [4.78, 5) is 23.9. The third-order valence-electron chi connectivity index (χ3n) is 4.75. The zero-order valence-corrected chi connectivity index (χ0v) is 14.5. The van der Waals surface area contributed by atoms with Crippen molar-refractivity contribution < 1.29 is 19.4 Å². The molecule has 0 radical (unpaired) electrons. The molecule has 1 atom stereocenters. The summed E-state index contributed by atoms with van der Waals surface area (Å²) in [6.07, 6.45) is 5.03. The molecule has 1 aliphatic rings. The predicted octanol–water partition coefficient (Wildman–Crippen LogP) is 1.79. The molecule has 0 aliphatic carbocycles. The molecular weight excluding hydrogens is 334 g/mol. The Bertz CT molecular complexity index is 722. The minimum absolute atomic E-state index is 0.0398. The zero-order chi connectivity index (χ0) is 18.4. The van der Waals surface area contributed by atoms with Gasteiger partial charge in [-0.15, -0.1) is 0 Å². The van der Waals surface area contributed by atoms with Crippen molar-refractivity contribution in [2.75, 3.05) is 19.8 Å². The number of carboxylic acid groups (broad SMARTS) is 1. The fourth-order valence-electron chi connectivity index (χ4n) is 3.22. The second-order valence-corrected chi connectivity index (χ2v) is 6.51. The highest BCUT2D eigenvalue weighted by Crippen LogP contribution is 2.23. The summed E-state index contributed by atoms with van der Waals surface area (Å²) in [5, 5.41) is 16.4. The number of carbonyl (C=O) groups is 2. The number of rotatable bonds is 7. The van der Waals surface area contributed by atoms with E-state index in [2.05, 4.69) is 10.4 Å². The van der Waals surface area contributed by atoms with Gasteiger partial charge in [-0.25, -0.2) is 0 Å². The normalized spacial score (nSPS) is 16.2. The number of hydrogen-bond donors (Lipinski definition) is 2. The van der Waals surface area contributed by atoms with Crippen LogP contribution in [0.4, 0.5) is 0 Å². The predicted molar refractivity (Wildman–Crippen MR) is 94.8 cm³/mol. The van der Waals surface area contributed by atoms with Crippen LogP contribution in [0.2, 0.25) is 0 Å². The van der Waals surface area contributed by atoms with Crippen LogP contribution in [0.5, 0.6) is 0 Å². The molecule has 1 aromatic heterocycles. The number of carbonyl (C=O) groups excluding carboxylic acids is 1. The molecule has 1 amide bonds. The van der Waals surface area contributed by atoms with Gasteiger partial charge in [-0.05, 0) is 42.5 Å². The van der Waals surface area contributed by atoms with Gasteiger partial charge in [-0.1, -0.05) is 12.1 Å². The van der Waals surface area contributed by atoms with E-state index in [1.165, 1.54) is 0 Å². The summed E-state index contributed by atoms with van der Waals surface area (Å²) in [7, 11) is 0. The SMILES string of the molecule is O=C(NCC(C(=O)O)C1CCOCC1)c1ccc(Cn2cccn2)cc1. The molecule has 1 unspecified atom stereocenters. The lowest BCUT2D eigenvalue weighted by Gasteiger charge is -2.27. The van der Waals surface area contributed by atoms with E-state index < -0.39 is 11.9 Å². The van der Waals surface area contributed by atoms with E-state index in [0.29, 0.717) is 25.3 Å². The number of aromatic nitrogens is 2. The van der Waals surface area contributed by atoms with Crippen molar-refractivity contribution in [2.45, 2.75) is 19.4 Å². The van der Waals surface area contributed by atoms with Gasteiger partial charge < -0.3 is 15.2 Å². The highest BCUT2D eigenvalue weighted by molar-refractivity contribution is 5.94. The summed E-state index contributed by atoms with van der Waals surface area (Å²) in [6, 6.07) is 9.11. The van der Waals surface area contributed by atoms with E-state index in [1.54, 1.807) is 23.0 Å². The molecule has 2 heterocycles. The Balaban J connectivity index is 1.55. The van der Waals surface area contributed by atoms with Gasteiger partial charge in [0.05, 0.1) is 12.5 Å². The van der Waals surface area contributed by atoms with Gasteiger partial charge in [0.25, 0.3) is 5.91 Å². The smallest absolute Gasteiger partial charge is 0.308 e. The average molecular weight is 357 g/mol. The fourth-order valence-corrected chi connectivity index (χ4v) is 3.22. The van der Waals surface area contributed by atoms with E-state index in [1.807, 2.05) is 24.4 Å². The van der Waals surface area contributed by atoms with Crippen molar-refractivity contribution in [3.8, 4) is 0 Å². The Labute approximate surface area is 152 Å². The number of nitrogens with one attached hydrogen (secondary N) is 1. The first kappa shape index (κ1) is 18.1. The number of amides is 1. The molecule has 0 saturated carbocycles. The van der Waals surface area contributed by atoms with Gasteiger partial charge in [0.15, 0.2) is 0 Å². The highest BCUT2D eigenvalue weighted by atomic mass is 16.5.